The van der Waals surface area contributed by atoms with Crippen molar-refractivity contribution in [3.05, 3.63) is 46.5 Å². The summed E-state index contributed by atoms with van der Waals surface area (Å²) in [5, 5.41) is 4.94. The average molecular weight is 403 g/mol. The van der Waals surface area contributed by atoms with Gasteiger partial charge in [-0.15, -0.1) is 0 Å². The normalized spacial score (nSPS) is 14.6. The van der Waals surface area contributed by atoms with Gasteiger partial charge in [-0.3, -0.25) is 4.79 Å². The fourth-order valence-electron chi connectivity index (χ4n) is 2.56. The molecular formula is C17H15ClF4N4O. The van der Waals surface area contributed by atoms with Gasteiger partial charge in [-0.1, -0.05) is 18.0 Å². The van der Waals surface area contributed by atoms with Gasteiger partial charge in [0.05, 0.1) is 16.3 Å². The highest BCUT2D eigenvalue weighted by Crippen LogP contribution is 2.32. The van der Waals surface area contributed by atoms with Crippen LogP contribution in [0.15, 0.2) is 24.4 Å². The summed E-state index contributed by atoms with van der Waals surface area (Å²) in [6.45, 7) is 0.321. The maximum Gasteiger partial charge on any atom is 0.434 e. The molecule has 1 fully saturated rings. The van der Waals surface area contributed by atoms with Crippen molar-refractivity contribution in [2.45, 2.75) is 25.4 Å². The van der Waals surface area contributed by atoms with E-state index in [-0.39, 0.29) is 10.7 Å². The van der Waals surface area contributed by atoms with Crippen LogP contribution in [0, 0.1) is 11.7 Å². The standard InChI is InChI=1S/C17H15ClF4N4O/c18-12-6-10(19)4-5-13(12)25-16-24-8-11(14(26-16)17(20,21)22)15(27)23-7-9-2-1-3-9/h4-6,8-9H,1-3,7H2,(H,23,27)(H,24,25,26). The number of halogens is 5. The molecule has 27 heavy (non-hydrogen) atoms. The van der Waals surface area contributed by atoms with Gasteiger partial charge in [0.2, 0.25) is 5.95 Å². The summed E-state index contributed by atoms with van der Waals surface area (Å²) in [7, 11) is 0. The number of aromatic nitrogens is 2. The molecule has 0 unspecified atom stereocenters. The molecule has 0 atom stereocenters. The van der Waals surface area contributed by atoms with E-state index in [1.165, 1.54) is 6.07 Å². The molecule has 0 radical (unpaired) electrons. The number of amides is 1. The van der Waals surface area contributed by atoms with Gasteiger partial charge in [0.15, 0.2) is 5.69 Å². The van der Waals surface area contributed by atoms with E-state index >= 15 is 0 Å². The van der Waals surface area contributed by atoms with Crippen LogP contribution in [-0.4, -0.2) is 22.4 Å². The van der Waals surface area contributed by atoms with E-state index in [1.54, 1.807) is 0 Å². The molecule has 2 N–H and O–H groups in total. The smallest absolute Gasteiger partial charge is 0.352 e. The fourth-order valence-corrected chi connectivity index (χ4v) is 2.78. The third kappa shape index (κ3) is 4.65. The molecule has 10 heteroatoms. The van der Waals surface area contributed by atoms with Crippen LogP contribution in [0.5, 0.6) is 0 Å². The lowest BCUT2D eigenvalue weighted by molar-refractivity contribution is -0.141. The van der Waals surface area contributed by atoms with Crippen LogP contribution in [0.3, 0.4) is 0 Å². The Morgan fingerprint density at radius 1 is 1.30 bits per heavy atom. The molecule has 1 heterocycles. The van der Waals surface area contributed by atoms with Crippen LogP contribution in [0.4, 0.5) is 29.2 Å². The molecule has 1 aliphatic carbocycles. The number of alkyl halides is 3. The predicted molar refractivity (Wildman–Crippen MR) is 91.4 cm³/mol. The third-order valence-corrected chi connectivity index (χ3v) is 4.57. The molecule has 0 saturated heterocycles. The lowest BCUT2D eigenvalue weighted by Crippen LogP contribution is -2.33. The van der Waals surface area contributed by atoms with Crippen LogP contribution >= 0.6 is 11.6 Å². The minimum Gasteiger partial charge on any atom is -0.352 e. The lowest BCUT2D eigenvalue weighted by Gasteiger charge is -2.25. The first kappa shape index (κ1) is 19.3. The minimum absolute atomic E-state index is 0.0468. The van der Waals surface area contributed by atoms with Gasteiger partial charge in [0, 0.05) is 12.7 Å². The Bertz CT molecular complexity index is 855. The van der Waals surface area contributed by atoms with E-state index in [0.29, 0.717) is 12.5 Å². The van der Waals surface area contributed by atoms with E-state index in [2.05, 4.69) is 20.6 Å². The zero-order valence-electron chi connectivity index (χ0n) is 13.9. The summed E-state index contributed by atoms with van der Waals surface area (Å²) in [5.41, 5.74) is -1.88. The molecule has 1 amide bonds. The second-order valence-corrected chi connectivity index (χ2v) is 6.62. The molecule has 1 saturated carbocycles. The van der Waals surface area contributed by atoms with Crippen LogP contribution in [-0.2, 0) is 6.18 Å². The van der Waals surface area contributed by atoms with Crippen LogP contribution in [0.25, 0.3) is 0 Å². The summed E-state index contributed by atoms with van der Waals surface area (Å²) in [6, 6.07) is 3.32. The first-order valence-corrected chi connectivity index (χ1v) is 8.56. The number of nitrogens with zero attached hydrogens (tertiary/aromatic N) is 2. The highest BCUT2D eigenvalue weighted by atomic mass is 35.5. The summed E-state index contributed by atoms with van der Waals surface area (Å²) < 4.78 is 53.2. The number of hydrogen-bond acceptors (Lipinski definition) is 4. The summed E-state index contributed by atoms with van der Waals surface area (Å²) in [4.78, 5) is 19.3. The third-order valence-electron chi connectivity index (χ3n) is 4.26. The van der Waals surface area contributed by atoms with Gasteiger partial charge in [-0.05, 0) is 37.0 Å². The van der Waals surface area contributed by atoms with Crippen molar-refractivity contribution >= 4 is 29.1 Å². The second kappa shape index (κ2) is 7.67. The number of hydrogen-bond donors (Lipinski definition) is 2. The molecule has 0 aliphatic heterocycles. The number of benzene rings is 1. The van der Waals surface area contributed by atoms with E-state index in [0.717, 1.165) is 37.6 Å². The molecule has 3 rings (SSSR count). The van der Waals surface area contributed by atoms with E-state index in [9.17, 15) is 22.4 Å². The number of anilines is 2. The van der Waals surface area contributed by atoms with Crippen LogP contribution < -0.4 is 10.6 Å². The molecule has 144 valence electrons. The zero-order valence-corrected chi connectivity index (χ0v) is 14.7. The highest BCUT2D eigenvalue weighted by Gasteiger charge is 2.38. The van der Waals surface area contributed by atoms with Crippen molar-refractivity contribution in [3.63, 3.8) is 0 Å². The van der Waals surface area contributed by atoms with E-state index in [4.69, 9.17) is 11.6 Å². The van der Waals surface area contributed by atoms with Gasteiger partial charge in [-0.2, -0.15) is 13.2 Å². The largest absolute Gasteiger partial charge is 0.434 e. The first-order chi connectivity index (χ1) is 12.7. The Morgan fingerprint density at radius 2 is 2.04 bits per heavy atom. The molecule has 0 spiro atoms. The van der Waals surface area contributed by atoms with Crippen molar-refractivity contribution in [1.29, 1.82) is 0 Å². The quantitative estimate of drug-likeness (QED) is 0.719. The zero-order chi connectivity index (χ0) is 19.6. The summed E-state index contributed by atoms with van der Waals surface area (Å²) in [5.74, 6) is -1.58. The average Bonchev–Trinajstić information content (AvgIpc) is 2.55. The molecule has 1 aromatic carbocycles. The maximum absolute atomic E-state index is 13.4. The second-order valence-electron chi connectivity index (χ2n) is 6.21. The van der Waals surface area contributed by atoms with Crippen molar-refractivity contribution in [3.8, 4) is 0 Å². The Labute approximate surface area is 157 Å². The molecule has 1 aliphatic rings. The number of rotatable bonds is 5. The van der Waals surface area contributed by atoms with Gasteiger partial charge in [0.1, 0.15) is 5.82 Å². The Kier molecular flexibility index (Phi) is 5.50. The minimum atomic E-state index is -4.85. The number of carbonyl (C=O) groups is 1. The van der Waals surface area contributed by atoms with Crippen molar-refractivity contribution in [2.24, 2.45) is 5.92 Å². The van der Waals surface area contributed by atoms with Crippen LogP contribution in [0.1, 0.15) is 35.3 Å². The molecule has 5 nitrogen and oxygen atoms in total. The molecule has 1 aromatic heterocycles. The SMILES string of the molecule is O=C(NCC1CCC1)c1cnc(Nc2ccc(F)cc2Cl)nc1C(F)(F)F. The summed E-state index contributed by atoms with van der Waals surface area (Å²) >= 11 is 5.84. The lowest BCUT2D eigenvalue weighted by atomic mass is 9.85. The highest BCUT2D eigenvalue weighted by molar-refractivity contribution is 6.33. The molecule has 0 bridgehead atoms. The van der Waals surface area contributed by atoms with Gasteiger partial charge >= 0.3 is 6.18 Å². The molecule has 2 aromatic rings. The Hall–Kier alpha value is -2.42. The predicted octanol–water partition coefficient (Wildman–Crippen LogP) is 4.56. The van der Waals surface area contributed by atoms with Crippen molar-refractivity contribution < 1.29 is 22.4 Å². The van der Waals surface area contributed by atoms with Gasteiger partial charge in [-0.25, -0.2) is 14.4 Å². The topological polar surface area (TPSA) is 66.9 Å². The summed E-state index contributed by atoms with van der Waals surface area (Å²) in [6.07, 6.45) is -1.08. The van der Waals surface area contributed by atoms with Gasteiger partial charge in [0.25, 0.3) is 5.91 Å². The fraction of sp³-hybridized carbons (Fsp3) is 0.353. The van der Waals surface area contributed by atoms with Crippen molar-refractivity contribution in [2.75, 3.05) is 11.9 Å². The maximum atomic E-state index is 13.4. The van der Waals surface area contributed by atoms with Crippen molar-refractivity contribution in [1.82, 2.24) is 15.3 Å². The first-order valence-electron chi connectivity index (χ1n) is 8.18. The van der Waals surface area contributed by atoms with Gasteiger partial charge < -0.3 is 10.6 Å². The van der Waals surface area contributed by atoms with E-state index < -0.39 is 35.1 Å². The Morgan fingerprint density at radius 3 is 2.63 bits per heavy atom. The van der Waals surface area contributed by atoms with E-state index in [1.807, 2.05) is 0 Å². The van der Waals surface area contributed by atoms with Crippen LogP contribution in [0.2, 0.25) is 5.02 Å². The number of carbonyl (C=O) groups excluding carboxylic acids is 1. The molecular weight excluding hydrogens is 388 g/mol. The monoisotopic (exact) mass is 402 g/mol. The Balaban J connectivity index is 1.83. The number of nitrogens with one attached hydrogen (secondary N) is 2.